The maximum Gasteiger partial charge on any atom is 0.0181 e. The monoisotopic (exact) mass is 314 g/mol. The van der Waals surface area contributed by atoms with Crippen molar-refractivity contribution >= 4 is 15.9 Å². The lowest BCUT2D eigenvalue weighted by atomic mass is 9.81. The van der Waals surface area contributed by atoms with E-state index in [1.807, 2.05) is 0 Å². The molecule has 0 heterocycles. The van der Waals surface area contributed by atoms with Crippen LogP contribution in [0.25, 0.3) is 11.1 Å². The fraction of sp³-hybridized carbons (Fsp3) is 0.333. The molecule has 0 N–H and O–H groups in total. The van der Waals surface area contributed by atoms with Crippen LogP contribution in [0, 0.1) is 0 Å². The van der Waals surface area contributed by atoms with E-state index in [0.29, 0.717) is 0 Å². The van der Waals surface area contributed by atoms with Gasteiger partial charge in [0.15, 0.2) is 0 Å². The summed E-state index contributed by atoms with van der Waals surface area (Å²) in [5.74, 6) is 0.754. The van der Waals surface area contributed by atoms with Crippen LogP contribution in [0.1, 0.15) is 43.6 Å². The second-order valence-corrected chi connectivity index (χ2v) is 6.35. The van der Waals surface area contributed by atoms with Crippen LogP contribution in [-0.2, 0) is 0 Å². The first-order valence-corrected chi connectivity index (χ1v) is 7.99. The summed E-state index contributed by atoms with van der Waals surface area (Å²) in [7, 11) is 0. The van der Waals surface area contributed by atoms with Crippen LogP contribution >= 0.6 is 15.9 Å². The molecule has 2 aromatic carbocycles. The van der Waals surface area contributed by atoms with E-state index in [9.17, 15) is 0 Å². The van der Waals surface area contributed by atoms with Crippen molar-refractivity contribution in [2.24, 2.45) is 0 Å². The topological polar surface area (TPSA) is 0 Å². The molecule has 1 saturated carbocycles. The second-order valence-electron chi connectivity index (χ2n) is 5.43. The van der Waals surface area contributed by atoms with E-state index in [2.05, 4.69) is 64.5 Å². The van der Waals surface area contributed by atoms with Gasteiger partial charge in [-0.3, -0.25) is 0 Å². The third-order valence-electron chi connectivity index (χ3n) is 4.14. The summed E-state index contributed by atoms with van der Waals surface area (Å²) < 4.78 is 1.16. The number of benzene rings is 2. The SMILES string of the molecule is Brc1cccc(-c2ccccc2C2CCCCC2)c1. The van der Waals surface area contributed by atoms with Gasteiger partial charge in [0.2, 0.25) is 0 Å². The number of hydrogen-bond acceptors (Lipinski definition) is 0. The summed E-state index contributed by atoms with van der Waals surface area (Å²) in [6, 6.07) is 17.6. The summed E-state index contributed by atoms with van der Waals surface area (Å²) in [6.07, 6.45) is 6.89. The maximum absolute atomic E-state index is 3.58. The fourth-order valence-electron chi connectivity index (χ4n) is 3.19. The zero-order chi connectivity index (χ0) is 13.1. The maximum atomic E-state index is 3.58. The van der Waals surface area contributed by atoms with Gasteiger partial charge >= 0.3 is 0 Å². The molecule has 1 aliphatic rings. The van der Waals surface area contributed by atoms with Crippen molar-refractivity contribution in [3.8, 4) is 11.1 Å². The Hall–Kier alpha value is -1.08. The average molecular weight is 315 g/mol. The van der Waals surface area contributed by atoms with E-state index < -0.39 is 0 Å². The lowest BCUT2D eigenvalue weighted by molar-refractivity contribution is 0.444. The molecule has 0 bridgehead atoms. The molecule has 0 nitrogen and oxygen atoms in total. The Morgan fingerprint density at radius 3 is 2.42 bits per heavy atom. The highest BCUT2D eigenvalue weighted by Crippen LogP contribution is 2.38. The van der Waals surface area contributed by atoms with Gasteiger partial charge in [-0.25, -0.2) is 0 Å². The minimum atomic E-state index is 0.754. The molecule has 0 aromatic heterocycles. The number of halogens is 1. The minimum absolute atomic E-state index is 0.754. The van der Waals surface area contributed by atoms with Crippen molar-refractivity contribution in [2.45, 2.75) is 38.0 Å². The van der Waals surface area contributed by atoms with Crippen LogP contribution in [0.3, 0.4) is 0 Å². The van der Waals surface area contributed by atoms with Gasteiger partial charge in [-0.2, -0.15) is 0 Å². The molecule has 1 heteroatoms. The molecule has 0 radical (unpaired) electrons. The van der Waals surface area contributed by atoms with Gasteiger partial charge in [0, 0.05) is 4.47 Å². The summed E-state index contributed by atoms with van der Waals surface area (Å²) in [4.78, 5) is 0. The zero-order valence-corrected chi connectivity index (χ0v) is 12.7. The first kappa shape index (κ1) is 12.9. The van der Waals surface area contributed by atoms with Crippen molar-refractivity contribution in [3.05, 3.63) is 58.6 Å². The molecule has 2 aromatic rings. The Labute approximate surface area is 124 Å². The van der Waals surface area contributed by atoms with Crippen molar-refractivity contribution in [2.75, 3.05) is 0 Å². The summed E-state index contributed by atoms with van der Waals surface area (Å²) in [5.41, 5.74) is 4.28. The smallest absolute Gasteiger partial charge is 0.0181 e. The average Bonchev–Trinajstić information content (AvgIpc) is 2.48. The third kappa shape index (κ3) is 2.92. The first-order chi connectivity index (χ1) is 9.34. The van der Waals surface area contributed by atoms with Gasteiger partial charge < -0.3 is 0 Å². The van der Waals surface area contributed by atoms with E-state index in [1.54, 1.807) is 5.56 Å². The van der Waals surface area contributed by atoms with E-state index in [1.165, 1.54) is 43.2 Å². The predicted molar refractivity (Wildman–Crippen MR) is 85.4 cm³/mol. The molecule has 0 saturated heterocycles. The fourth-order valence-corrected chi connectivity index (χ4v) is 3.58. The van der Waals surface area contributed by atoms with E-state index in [0.717, 1.165) is 10.4 Å². The van der Waals surface area contributed by atoms with Crippen LogP contribution in [0.4, 0.5) is 0 Å². The van der Waals surface area contributed by atoms with Crippen molar-refractivity contribution in [1.29, 1.82) is 0 Å². The minimum Gasteiger partial charge on any atom is -0.0619 e. The Kier molecular flexibility index (Phi) is 4.03. The molecule has 1 aliphatic carbocycles. The van der Waals surface area contributed by atoms with Crippen molar-refractivity contribution in [1.82, 2.24) is 0 Å². The molecule has 3 rings (SSSR count). The van der Waals surface area contributed by atoms with Crippen LogP contribution in [0.5, 0.6) is 0 Å². The molecular weight excluding hydrogens is 296 g/mol. The quantitative estimate of drug-likeness (QED) is 0.622. The van der Waals surface area contributed by atoms with Crippen LogP contribution in [0.2, 0.25) is 0 Å². The first-order valence-electron chi connectivity index (χ1n) is 7.19. The lowest BCUT2D eigenvalue weighted by Crippen LogP contribution is -2.05. The van der Waals surface area contributed by atoms with Gasteiger partial charge in [0.25, 0.3) is 0 Å². The molecule has 0 atom stereocenters. The van der Waals surface area contributed by atoms with Gasteiger partial charge in [-0.1, -0.05) is 71.6 Å². The largest absolute Gasteiger partial charge is 0.0619 e. The normalized spacial score (nSPS) is 16.5. The molecule has 1 fully saturated rings. The lowest BCUT2D eigenvalue weighted by Gasteiger charge is -2.24. The highest BCUT2D eigenvalue weighted by Gasteiger charge is 2.18. The Morgan fingerprint density at radius 1 is 0.842 bits per heavy atom. The Bertz CT molecular complexity index is 553. The Balaban J connectivity index is 2.01. The van der Waals surface area contributed by atoms with Crippen LogP contribution in [0.15, 0.2) is 53.0 Å². The molecule has 0 aliphatic heterocycles. The number of hydrogen-bond donors (Lipinski definition) is 0. The Morgan fingerprint density at radius 2 is 1.63 bits per heavy atom. The van der Waals surface area contributed by atoms with Crippen LogP contribution in [-0.4, -0.2) is 0 Å². The summed E-state index contributed by atoms with van der Waals surface area (Å²) in [6.45, 7) is 0. The highest BCUT2D eigenvalue weighted by molar-refractivity contribution is 9.10. The third-order valence-corrected chi connectivity index (χ3v) is 4.63. The molecule has 98 valence electrons. The summed E-state index contributed by atoms with van der Waals surface area (Å²) >= 11 is 3.58. The van der Waals surface area contributed by atoms with E-state index in [4.69, 9.17) is 0 Å². The zero-order valence-electron chi connectivity index (χ0n) is 11.1. The van der Waals surface area contributed by atoms with Crippen molar-refractivity contribution in [3.63, 3.8) is 0 Å². The van der Waals surface area contributed by atoms with E-state index in [-0.39, 0.29) is 0 Å². The molecule has 0 unspecified atom stereocenters. The van der Waals surface area contributed by atoms with Gasteiger partial charge in [-0.05, 0) is 47.6 Å². The summed E-state index contributed by atoms with van der Waals surface area (Å²) in [5, 5.41) is 0. The van der Waals surface area contributed by atoms with E-state index >= 15 is 0 Å². The molecule has 0 spiro atoms. The van der Waals surface area contributed by atoms with Gasteiger partial charge in [-0.15, -0.1) is 0 Å². The molecule has 19 heavy (non-hydrogen) atoms. The highest BCUT2D eigenvalue weighted by atomic mass is 79.9. The van der Waals surface area contributed by atoms with Crippen molar-refractivity contribution < 1.29 is 0 Å². The second kappa shape index (κ2) is 5.92. The standard InChI is InChI=1S/C18H19Br/c19-16-10-6-9-15(13-16)18-12-5-4-11-17(18)14-7-2-1-3-8-14/h4-6,9-14H,1-3,7-8H2. The van der Waals surface area contributed by atoms with Crippen LogP contribution < -0.4 is 0 Å². The number of rotatable bonds is 2. The molecule has 0 amide bonds. The molecular formula is C18H19Br. The van der Waals surface area contributed by atoms with Gasteiger partial charge in [0.1, 0.15) is 0 Å². The predicted octanol–water partition coefficient (Wildman–Crippen LogP) is 6.16. The van der Waals surface area contributed by atoms with Gasteiger partial charge in [0.05, 0.1) is 0 Å².